The molecule has 0 spiro atoms. The summed E-state index contributed by atoms with van der Waals surface area (Å²) >= 11 is 0. The summed E-state index contributed by atoms with van der Waals surface area (Å²) in [5.74, 6) is 0.535. The van der Waals surface area contributed by atoms with E-state index in [0.29, 0.717) is 30.1 Å². The van der Waals surface area contributed by atoms with E-state index in [4.69, 9.17) is 9.52 Å². The third-order valence-corrected chi connectivity index (χ3v) is 4.52. The zero-order valence-corrected chi connectivity index (χ0v) is 15.6. The van der Waals surface area contributed by atoms with Crippen LogP contribution >= 0.6 is 0 Å². The monoisotopic (exact) mass is 371 g/mol. The minimum absolute atomic E-state index is 0.175. The summed E-state index contributed by atoms with van der Waals surface area (Å²) in [6, 6.07) is 21.7. The van der Waals surface area contributed by atoms with Crippen LogP contribution in [-0.4, -0.2) is 15.7 Å². The summed E-state index contributed by atoms with van der Waals surface area (Å²) in [5.41, 5.74) is 4.43. The highest BCUT2D eigenvalue weighted by atomic mass is 16.3. The molecule has 1 N–H and O–H groups in total. The summed E-state index contributed by atoms with van der Waals surface area (Å²) in [7, 11) is 0. The van der Waals surface area contributed by atoms with Crippen LogP contribution in [0.1, 0.15) is 27.2 Å². The highest BCUT2D eigenvalue weighted by molar-refractivity contribution is 5.99. The van der Waals surface area contributed by atoms with E-state index in [1.165, 1.54) is 0 Å². The van der Waals surface area contributed by atoms with E-state index < -0.39 is 0 Å². The third-order valence-electron chi connectivity index (χ3n) is 4.52. The first-order valence-electron chi connectivity index (χ1n) is 9.18. The number of benzene rings is 2. The Morgan fingerprint density at radius 1 is 1.04 bits per heavy atom. The molecule has 0 unspecified atom stereocenters. The lowest BCUT2D eigenvalue weighted by molar-refractivity contribution is 0.0948. The molecule has 0 saturated heterocycles. The van der Waals surface area contributed by atoms with E-state index >= 15 is 0 Å². The molecule has 28 heavy (non-hydrogen) atoms. The molecule has 0 aliphatic heterocycles. The Morgan fingerprint density at radius 2 is 1.82 bits per heavy atom. The van der Waals surface area contributed by atoms with Crippen LogP contribution in [0.4, 0.5) is 0 Å². The molecule has 2 aromatic heterocycles. The number of nitrogens with one attached hydrogen (secondary N) is 1. The second-order valence-electron chi connectivity index (χ2n) is 6.70. The van der Waals surface area contributed by atoms with Crippen LogP contribution in [0.15, 0.2) is 83.6 Å². The van der Waals surface area contributed by atoms with Crippen LogP contribution < -0.4 is 5.32 Å². The van der Waals surface area contributed by atoms with Crippen LogP contribution in [0, 0.1) is 6.92 Å². The van der Waals surface area contributed by atoms with E-state index in [-0.39, 0.29) is 5.91 Å². The Labute approximate surface area is 163 Å². The Kier molecular flexibility index (Phi) is 5.06. The van der Waals surface area contributed by atoms with Gasteiger partial charge in [0.15, 0.2) is 0 Å². The summed E-state index contributed by atoms with van der Waals surface area (Å²) in [4.78, 5) is 12.9. The Balaban J connectivity index is 1.63. The van der Waals surface area contributed by atoms with Crippen molar-refractivity contribution in [2.45, 2.75) is 20.0 Å². The number of carbonyl (C=O) groups is 1. The van der Waals surface area contributed by atoms with Crippen LogP contribution in [-0.2, 0) is 13.1 Å². The molecular weight excluding hydrogens is 350 g/mol. The first kappa shape index (κ1) is 17.8. The van der Waals surface area contributed by atoms with Crippen molar-refractivity contribution in [2.24, 2.45) is 0 Å². The molecule has 0 aliphatic rings. The Hall–Kier alpha value is -3.60. The molecular formula is C23H21N3O2. The van der Waals surface area contributed by atoms with Crippen LogP contribution in [0.25, 0.3) is 11.3 Å². The topological polar surface area (TPSA) is 60.1 Å². The highest BCUT2D eigenvalue weighted by Gasteiger charge is 2.18. The van der Waals surface area contributed by atoms with Gasteiger partial charge in [-0.2, -0.15) is 5.10 Å². The maximum atomic E-state index is 12.9. The van der Waals surface area contributed by atoms with Crippen molar-refractivity contribution in [3.05, 3.63) is 102 Å². The van der Waals surface area contributed by atoms with Crippen molar-refractivity contribution in [2.75, 3.05) is 0 Å². The third kappa shape index (κ3) is 4.04. The summed E-state index contributed by atoms with van der Waals surface area (Å²) in [6.45, 7) is 2.98. The van der Waals surface area contributed by atoms with Gasteiger partial charge >= 0.3 is 0 Å². The van der Waals surface area contributed by atoms with Gasteiger partial charge < -0.3 is 9.73 Å². The molecule has 5 heteroatoms. The van der Waals surface area contributed by atoms with Crippen molar-refractivity contribution < 1.29 is 9.21 Å². The van der Waals surface area contributed by atoms with Gasteiger partial charge in [-0.1, -0.05) is 60.2 Å². The molecule has 0 aliphatic carbocycles. The predicted octanol–water partition coefficient (Wildman–Crippen LogP) is 4.43. The van der Waals surface area contributed by atoms with Gasteiger partial charge in [0.2, 0.25) is 0 Å². The van der Waals surface area contributed by atoms with Crippen molar-refractivity contribution in [3.8, 4) is 11.3 Å². The molecule has 0 saturated carbocycles. The van der Waals surface area contributed by atoms with Gasteiger partial charge in [0.05, 0.1) is 24.9 Å². The fraction of sp³-hybridized carbons (Fsp3) is 0.130. The Bertz CT molecular complexity index is 1050. The average molecular weight is 371 g/mol. The second kappa shape index (κ2) is 7.96. The lowest BCUT2D eigenvalue weighted by Crippen LogP contribution is -2.22. The molecule has 0 atom stereocenters. The minimum Gasteiger partial charge on any atom is -0.467 e. The lowest BCUT2D eigenvalue weighted by Gasteiger charge is -2.04. The SMILES string of the molecule is Cc1ccc(-c2nn(Cc3ccccc3)cc2C(=O)NCc2ccco2)cc1. The van der Waals surface area contributed by atoms with Crippen LogP contribution in [0.2, 0.25) is 0 Å². The van der Waals surface area contributed by atoms with Gasteiger partial charge in [0, 0.05) is 11.8 Å². The smallest absolute Gasteiger partial charge is 0.255 e. The number of aryl methyl sites for hydroxylation is 1. The normalized spacial score (nSPS) is 10.8. The van der Waals surface area contributed by atoms with Gasteiger partial charge in [0.25, 0.3) is 5.91 Å². The number of nitrogens with zero attached hydrogens (tertiary/aromatic N) is 2. The number of hydrogen-bond acceptors (Lipinski definition) is 3. The van der Waals surface area contributed by atoms with E-state index in [1.54, 1.807) is 18.5 Å². The van der Waals surface area contributed by atoms with Crippen molar-refractivity contribution in [3.63, 3.8) is 0 Å². The minimum atomic E-state index is -0.175. The quantitative estimate of drug-likeness (QED) is 0.545. The molecule has 5 nitrogen and oxygen atoms in total. The van der Waals surface area contributed by atoms with E-state index in [1.807, 2.05) is 72.3 Å². The fourth-order valence-corrected chi connectivity index (χ4v) is 3.04. The standard InChI is InChI=1S/C23H21N3O2/c1-17-9-11-19(12-10-17)22-21(23(27)24-14-20-8-5-13-28-20)16-26(25-22)15-18-6-3-2-4-7-18/h2-13,16H,14-15H2,1H3,(H,24,27). The molecule has 4 aromatic rings. The first-order valence-corrected chi connectivity index (χ1v) is 9.18. The van der Waals surface area contributed by atoms with Crippen molar-refractivity contribution in [1.29, 1.82) is 0 Å². The Morgan fingerprint density at radius 3 is 2.54 bits per heavy atom. The number of furan rings is 1. The van der Waals surface area contributed by atoms with Gasteiger partial charge in [-0.25, -0.2) is 0 Å². The van der Waals surface area contributed by atoms with Gasteiger partial charge in [0.1, 0.15) is 11.5 Å². The van der Waals surface area contributed by atoms with E-state index in [2.05, 4.69) is 5.32 Å². The molecule has 2 heterocycles. The molecule has 2 aromatic carbocycles. The zero-order chi connectivity index (χ0) is 19.3. The average Bonchev–Trinajstić information content (AvgIpc) is 3.38. The lowest BCUT2D eigenvalue weighted by atomic mass is 10.1. The molecule has 1 amide bonds. The van der Waals surface area contributed by atoms with E-state index in [0.717, 1.165) is 16.7 Å². The van der Waals surface area contributed by atoms with Crippen molar-refractivity contribution in [1.82, 2.24) is 15.1 Å². The van der Waals surface area contributed by atoms with Crippen molar-refractivity contribution >= 4 is 5.91 Å². The largest absolute Gasteiger partial charge is 0.467 e. The number of rotatable bonds is 6. The molecule has 140 valence electrons. The second-order valence-corrected chi connectivity index (χ2v) is 6.70. The molecule has 4 rings (SSSR count). The van der Waals surface area contributed by atoms with E-state index in [9.17, 15) is 4.79 Å². The highest BCUT2D eigenvalue weighted by Crippen LogP contribution is 2.23. The number of carbonyl (C=O) groups excluding carboxylic acids is 1. The number of hydrogen-bond donors (Lipinski definition) is 1. The summed E-state index contributed by atoms with van der Waals surface area (Å²) < 4.78 is 7.11. The first-order chi connectivity index (χ1) is 13.7. The van der Waals surface area contributed by atoms with Gasteiger partial charge in [-0.15, -0.1) is 0 Å². The number of amides is 1. The maximum absolute atomic E-state index is 12.9. The fourth-order valence-electron chi connectivity index (χ4n) is 3.04. The maximum Gasteiger partial charge on any atom is 0.255 e. The summed E-state index contributed by atoms with van der Waals surface area (Å²) in [6.07, 6.45) is 3.40. The summed E-state index contributed by atoms with van der Waals surface area (Å²) in [5, 5.41) is 7.62. The van der Waals surface area contributed by atoms with Crippen LogP contribution in [0.3, 0.4) is 0 Å². The zero-order valence-electron chi connectivity index (χ0n) is 15.6. The predicted molar refractivity (Wildman–Crippen MR) is 108 cm³/mol. The molecule has 0 bridgehead atoms. The molecule has 0 radical (unpaired) electrons. The van der Waals surface area contributed by atoms with Gasteiger partial charge in [-0.3, -0.25) is 9.48 Å². The van der Waals surface area contributed by atoms with Gasteiger partial charge in [-0.05, 0) is 24.6 Å². The van der Waals surface area contributed by atoms with Crippen LogP contribution in [0.5, 0.6) is 0 Å². The number of aromatic nitrogens is 2. The molecule has 0 fully saturated rings.